The molecule has 104 valence electrons. The fraction of sp³-hybridized carbons (Fsp3) is 0.333. The third-order valence-corrected chi connectivity index (χ3v) is 4.69. The maximum Gasteiger partial charge on any atom is 0.307 e. The largest absolute Gasteiger partial charge is 0.481 e. The second-order valence-corrected chi connectivity index (χ2v) is 6.25. The van der Waals surface area contributed by atoms with Crippen LogP contribution in [0.4, 0.5) is 5.69 Å². The maximum absolute atomic E-state index is 12.4. The van der Waals surface area contributed by atoms with Crippen LogP contribution in [0.3, 0.4) is 0 Å². The summed E-state index contributed by atoms with van der Waals surface area (Å²) in [5.41, 5.74) is 0.689. The molecule has 0 aliphatic heterocycles. The average Bonchev–Trinajstić information content (AvgIpc) is 3.01. The summed E-state index contributed by atoms with van der Waals surface area (Å²) in [6, 6.07) is 7.26. The first-order valence-electron chi connectivity index (χ1n) is 6.54. The molecule has 2 N–H and O–H groups in total. The van der Waals surface area contributed by atoms with Gasteiger partial charge in [-0.2, -0.15) is 0 Å². The van der Waals surface area contributed by atoms with E-state index >= 15 is 0 Å². The van der Waals surface area contributed by atoms with Crippen LogP contribution in [0.5, 0.6) is 0 Å². The molecule has 1 fully saturated rings. The molecule has 0 saturated heterocycles. The third-order valence-electron chi connectivity index (χ3n) is 4.16. The number of carboxylic acids is 1. The van der Waals surface area contributed by atoms with Crippen molar-refractivity contribution in [2.75, 3.05) is 5.32 Å². The van der Waals surface area contributed by atoms with Crippen LogP contribution in [0, 0.1) is 23.7 Å². The molecule has 4 atom stereocenters. The van der Waals surface area contributed by atoms with E-state index in [0.717, 1.165) is 10.9 Å². The second-order valence-electron chi connectivity index (χ2n) is 5.33. The number of fused-ring (bicyclic) bond motifs is 2. The molecule has 1 aromatic carbocycles. The highest BCUT2D eigenvalue weighted by molar-refractivity contribution is 9.10. The number of aliphatic carboxylic acids is 1. The Balaban J connectivity index is 1.78. The van der Waals surface area contributed by atoms with Gasteiger partial charge in [-0.3, -0.25) is 9.59 Å². The quantitative estimate of drug-likeness (QED) is 0.834. The Morgan fingerprint density at radius 3 is 2.30 bits per heavy atom. The van der Waals surface area contributed by atoms with Crippen LogP contribution < -0.4 is 5.32 Å². The lowest BCUT2D eigenvalue weighted by Gasteiger charge is -2.23. The lowest BCUT2D eigenvalue weighted by atomic mass is 9.82. The Hall–Kier alpha value is -1.62. The van der Waals surface area contributed by atoms with Crippen LogP contribution in [0.15, 0.2) is 40.9 Å². The van der Waals surface area contributed by atoms with E-state index < -0.39 is 17.8 Å². The first-order chi connectivity index (χ1) is 9.56. The van der Waals surface area contributed by atoms with Crippen molar-refractivity contribution < 1.29 is 14.7 Å². The molecule has 0 radical (unpaired) electrons. The molecule has 1 aromatic rings. The number of halogens is 1. The van der Waals surface area contributed by atoms with Gasteiger partial charge >= 0.3 is 5.97 Å². The van der Waals surface area contributed by atoms with Crippen molar-refractivity contribution >= 4 is 33.5 Å². The summed E-state index contributed by atoms with van der Waals surface area (Å²) < 4.78 is 0.932. The van der Waals surface area contributed by atoms with E-state index in [0.29, 0.717) is 5.69 Å². The summed E-state index contributed by atoms with van der Waals surface area (Å²) in [5, 5.41) is 12.2. The standard InChI is InChI=1S/C15H14BrNO3/c16-10-3-5-11(6-4-10)17-14(18)12-8-1-2-9(7-8)13(12)15(19)20/h1-6,8-9,12-13H,7H2,(H,17,18)(H,19,20)/t8-,9-,12-,13+/m0/s1. The first-order valence-corrected chi connectivity index (χ1v) is 7.33. The third kappa shape index (κ3) is 2.26. The Kier molecular flexibility index (Phi) is 3.38. The zero-order valence-corrected chi connectivity index (χ0v) is 12.2. The van der Waals surface area contributed by atoms with Crippen molar-refractivity contribution in [2.45, 2.75) is 6.42 Å². The Morgan fingerprint density at radius 1 is 1.10 bits per heavy atom. The second kappa shape index (κ2) is 5.05. The molecule has 20 heavy (non-hydrogen) atoms. The summed E-state index contributed by atoms with van der Waals surface area (Å²) >= 11 is 3.33. The minimum atomic E-state index is -0.877. The van der Waals surface area contributed by atoms with Crippen LogP contribution in [-0.2, 0) is 9.59 Å². The molecule has 1 amide bonds. The van der Waals surface area contributed by atoms with Crippen molar-refractivity contribution in [3.8, 4) is 0 Å². The number of rotatable bonds is 3. The minimum absolute atomic E-state index is 0.00170. The summed E-state index contributed by atoms with van der Waals surface area (Å²) in [6.45, 7) is 0. The molecule has 0 unspecified atom stereocenters. The highest BCUT2D eigenvalue weighted by Crippen LogP contribution is 2.48. The van der Waals surface area contributed by atoms with Crippen molar-refractivity contribution in [3.05, 3.63) is 40.9 Å². The van der Waals surface area contributed by atoms with Crippen LogP contribution in [0.2, 0.25) is 0 Å². The minimum Gasteiger partial charge on any atom is -0.481 e. The Morgan fingerprint density at radius 2 is 1.70 bits per heavy atom. The summed E-state index contributed by atoms with van der Waals surface area (Å²) in [7, 11) is 0. The number of benzene rings is 1. The number of nitrogens with one attached hydrogen (secondary N) is 1. The zero-order chi connectivity index (χ0) is 14.3. The van der Waals surface area contributed by atoms with E-state index in [1.54, 1.807) is 12.1 Å². The number of allylic oxidation sites excluding steroid dienone is 2. The molecule has 1 saturated carbocycles. The van der Waals surface area contributed by atoms with Crippen molar-refractivity contribution in [1.82, 2.24) is 0 Å². The first kappa shape index (κ1) is 13.4. The van der Waals surface area contributed by atoms with Gasteiger partial charge in [-0.1, -0.05) is 28.1 Å². The normalized spacial score (nSPS) is 30.4. The monoisotopic (exact) mass is 335 g/mol. The van der Waals surface area contributed by atoms with Gasteiger partial charge in [0, 0.05) is 10.2 Å². The molecule has 2 aliphatic rings. The molecule has 0 aromatic heterocycles. The van der Waals surface area contributed by atoms with E-state index in [2.05, 4.69) is 21.2 Å². The Labute approximate surface area is 125 Å². The van der Waals surface area contributed by atoms with Gasteiger partial charge < -0.3 is 10.4 Å². The van der Waals surface area contributed by atoms with E-state index in [1.165, 1.54) is 0 Å². The van der Waals surface area contributed by atoms with Gasteiger partial charge in [0.05, 0.1) is 11.8 Å². The summed E-state index contributed by atoms with van der Waals surface area (Å²) in [5.74, 6) is -2.09. The topological polar surface area (TPSA) is 66.4 Å². The number of hydrogen-bond donors (Lipinski definition) is 2. The Bertz CT molecular complexity index is 581. The number of carboxylic acid groups (broad SMARTS) is 1. The maximum atomic E-state index is 12.4. The van der Waals surface area contributed by atoms with Gasteiger partial charge in [0.15, 0.2) is 0 Å². The zero-order valence-electron chi connectivity index (χ0n) is 10.6. The average molecular weight is 336 g/mol. The van der Waals surface area contributed by atoms with Gasteiger partial charge in [-0.25, -0.2) is 0 Å². The smallest absolute Gasteiger partial charge is 0.307 e. The van der Waals surface area contributed by atoms with Gasteiger partial charge in [-0.15, -0.1) is 0 Å². The van der Waals surface area contributed by atoms with Crippen LogP contribution in [-0.4, -0.2) is 17.0 Å². The fourth-order valence-corrected chi connectivity index (χ4v) is 3.54. The molecule has 2 aliphatic carbocycles. The molecule has 5 heteroatoms. The van der Waals surface area contributed by atoms with Crippen LogP contribution in [0.25, 0.3) is 0 Å². The van der Waals surface area contributed by atoms with Gasteiger partial charge in [0.25, 0.3) is 0 Å². The molecule has 3 rings (SSSR count). The number of hydrogen-bond acceptors (Lipinski definition) is 2. The SMILES string of the molecule is O=C(Nc1ccc(Br)cc1)[C@@H]1[C@H](C(=O)O)[C@H]2C=C[C@H]1C2. The highest BCUT2D eigenvalue weighted by Gasteiger charge is 2.51. The van der Waals surface area contributed by atoms with Crippen molar-refractivity contribution in [1.29, 1.82) is 0 Å². The van der Waals surface area contributed by atoms with Gasteiger partial charge in [-0.05, 0) is 42.5 Å². The molecule has 2 bridgehead atoms. The predicted molar refractivity (Wildman–Crippen MR) is 78.1 cm³/mol. The fourth-order valence-electron chi connectivity index (χ4n) is 3.28. The molecular weight excluding hydrogens is 322 g/mol. The van der Waals surface area contributed by atoms with Crippen LogP contribution >= 0.6 is 15.9 Å². The van der Waals surface area contributed by atoms with E-state index in [-0.39, 0.29) is 17.7 Å². The molecule has 0 heterocycles. The number of carbonyl (C=O) groups excluding carboxylic acids is 1. The van der Waals surface area contributed by atoms with Gasteiger partial charge in [0.1, 0.15) is 0 Å². The van der Waals surface area contributed by atoms with Gasteiger partial charge in [0.2, 0.25) is 5.91 Å². The summed E-state index contributed by atoms with van der Waals surface area (Å²) in [6.07, 6.45) is 4.69. The number of amides is 1. The van der Waals surface area contributed by atoms with Crippen LogP contribution in [0.1, 0.15) is 6.42 Å². The van der Waals surface area contributed by atoms with E-state index in [4.69, 9.17) is 0 Å². The summed E-state index contributed by atoms with van der Waals surface area (Å²) in [4.78, 5) is 23.8. The number of carbonyl (C=O) groups is 2. The van der Waals surface area contributed by atoms with Crippen molar-refractivity contribution in [2.24, 2.45) is 23.7 Å². The predicted octanol–water partition coefficient (Wildman–Crippen LogP) is 2.91. The van der Waals surface area contributed by atoms with E-state index in [1.807, 2.05) is 24.3 Å². The van der Waals surface area contributed by atoms with E-state index in [9.17, 15) is 14.7 Å². The lowest BCUT2D eigenvalue weighted by Crippen LogP contribution is -2.36. The molecule has 0 spiro atoms. The number of anilines is 1. The highest BCUT2D eigenvalue weighted by atomic mass is 79.9. The molecular formula is C15H14BrNO3. The lowest BCUT2D eigenvalue weighted by molar-refractivity contribution is -0.146. The van der Waals surface area contributed by atoms with Crippen molar-refractivity contribution in [3.63, 3.8) is 0 Å². The molecule has 4 nitrogen and oxygen atoms in total.